The van der Waals surface area contributed by atoms with Crippen LogP contribution >= 0.6 is 7.82 Å². The van der Waals surface area contributed by atoms with Crippen LogP contribution in [0.2, 0.25) is 0 Å². The summed E-state index contributed by atoms with van der Waals surface area (Å²) in [5, 5.41) is 11.7. The minimum absolute atomic E-state index is 0.0133. The molecule has 6 N–H and O–H groups in total. The number of aliphatic carboxylic acids is 1. The zero-order valence-corrected chi connectivity index (χ0v) is 24.0. The number of hydrogen-bond donors (Lipinski definition) is 5. The topological polar surface area (TPSA) is 195 Å². The molecule has 0 bridgehead atoms. The molecule has 2 amide bonds. The molecule has 12 nitrogen and oxygen atoms in total. The number of carboxylic acid groups (broad SMARTS) is 1. The van der Waals surface area contributed by atoms with Crippen molar-refractivity contribution in [2.45, 2.75) is 64.3 Å². The van der Waals surface area contributed by atoms with Crippen LogP contribution in [0.3, 0.4) is 0 Å². The number of phosphoric ester groups is 1. The molecule has 0 radical (unpaired) electrons. The predicted molar refractivity (Wildman–Crippen MR) is 149 cm³/mol. The second-order valence-corrected chi connectivity index (χ2v) is 11.8. The Balaban J connectivity index is 1.66. The van der Waals surface area contributed by atoms with Gasteiger partial charge in [-0.1, -0.05) is 31.4 Å². The molecule has 2 aromatic carbocycles. The van der Waals surface area contributed by atoms with Crippen molar-refractivity contribution in [3.05, 3.63) is 53.1 Å². The van der Waals surface area contributed by atoms with Gasteiger partial charge in [0.15, 0.2) is 18.1 Å². The minimum atomic E-state index is -4.96. The monoisotopic (exact) mass is 592 g/mol. The number of carbonyl (C=O) groups is 3. The highest BCUT2D eigenvalue weighted by Gasteiger charge is 2.26. The quantitative estimate of drug-likeness (QED) is 0.202. The Labute approximate surface area is 238 Å². The molecule has 41 heavy (non-hydrogen) atoms. The predicted octanol–water partition coefficient (Wildman–Crippen LogP) is 3.66. The number of rotatable bonds is 14. The van der Waals surface area contributed by atoms with Crippen molar-refractivity contribution < 1.29 is 47.8 Å². The average Bonchev–Trinajstić information content (AvgIpc) is 2.89. The number of phosphoric acid groups is 1. The van der Waals surface area contributed by atoms with E-state index in [0.29, 0.717) is 29.4 Å². The summed E-state index contributed by atoms with van der Waals surface area (Å²) >= 11 is 0. The molecule has 1 aliphatic rings. The van der Waals surface area contributed by atoms with E-state index in [9.17, 15) is 28.7 Å². The fraction of sp³-hybridized carbons (Fsp3) is 0.464. The molecular formula is C28H37N2O10P. The van der Waals surface area contributed by atoms with Crippen molar-refractivity contribution in [2.24, 2.45) is 11.7 Å². The molecule has 1 fully saturated rings. The zero-order valence-electron chi connectivity index (χ0n) is 23.1. The molecular weight excluding hydrogens is 555 g/mol. The maximum Gasteiger partial charge on any atom is 0.524 e. The number of nitrogens with two attached hydrogens (primary N) is 1. The van der Waals surface area contributed by atoms with Gasteiger partial charge >= 0.3 is 13.8 Å². The fourth-order valence-corrected chi connectivity index (χ4v) is 5.10. The van der Waals surface area contributed by atoms with E-state index < -0.39 is 31.8 Å². The van der Waals surface area contributed by atoms with Gasteiger partial charge in [0.25, 0.3) is 5.91 Å². The second kappa shape index (κ2) is 13.8. The SMILES string of the molecule is CC(C)(NC(=O)CCc1ccc(OCC(=O)O)c(OP(=O)(O)O)c1)c1ccc(OCC2CCCCC2)c(C(N)=O)c1. The van der Waals surface area contributed by atoms with Crippen molar-refractivity contribution in [3.8, 4) is 17.2 Å². The lowest BCUT2D eigenvalue weighted by atomic mass is 9.90. The summed E-state index contributed by atoms with van der Waals surface area (Å²) in [7, 11) is -4.96. The van der Waals surface area contributed by atoms with Gasteiger partial charge in [0.1, 0.15) is 5.75 Å². The Kier molecular flexibility index (Phi) is 10.8. The Bertz CT molecular complexity index is 1300. The molecule has 2 aromatic rings. The fourth-order valence-electron chi connectivity index (χ4n) is 4.71. The van der Waals surface area contributed by atoms with Gasteiger partial charge in [-0.2, -0.15) is 0 Å². The summed E-state index contributed by atoms with van der Waals surface area (Å²) < 4.78 is 27.0. The number of carbonyl (C=O) groups excluding carboxylic acids is 2. The summed E-state index contributed by atoms with van der Waals surface area (Å²) in [6.07, 6.45) is 5.99. The maximum atomic E-state index is 12.9. The number of hydrogen-bond acceptors (Lipinski definition) is 7. The van der Waals surface area contributed by atoms with Gasteiger partial charge < -0.3 is 30.2 Å². The number of amides is 2. The van der Waals surface area contributed by atoms with Gasteiger partial charge in [-0.15, -0.1) is 0 Å². The van der Waals surface area contributed by atoms with E-state index >= 15 is 0 Å². The third kappa shape index (κ3) is 10.1. The molecule has 224 valence electrons. The molecule has 1 saturated carbocycles. The first-order valence-corrected chi connectivity index (χ1v) is 14.9. The normalized spacial score (nSPS) is 14.2. The van der Waals surface area contributed by atoms with E-state index in [1.54, 1.807) is 32.0 Å². The van der Waals surface area contributed by atoms with Gasteiger partial charge in [-0.05, 0) is 74.4 Å². The van der Waals surface area contributed by atoms with Crippen molar-refractivity contribution >= 4 is 25.6 Å². The van der Waals surface area contributed by atoms with Crippen LogP contribution in [0.15, 0.2) is 36.4 Å². The molecule has 3 rings (SSSR count). The van der Waals surface area contributed by atoms with Crippen molar-refractivity contribution in [1.82, 2.24) is 5.32 Å². The van der Waals surface area contributed by atoms with E-state index in [-0.39, 0.29) is 35.8 Å². The van der Waals surface area contributed by atoms with Crippen LogP contribution < -0.4 is 25.0 Å². The number of carboxylic acids is 1. The first kappa shape index (κ1) is 31.9. The highest BCUT2D eigenvalue weighted by Crippen LogP contribution is 2.42. The van der Waals surface area contributed by atoms with Crippen molar-refractivity contribution in [2.75, 3.05) is 13.2 Å². The Hall–Kier alpha value is -3.60. The number of benzene rings is 2. The lowest BCUT2D eigenvalue weighted by Crippen LogP contribution is -2.41. The van der Waals surface area contributed by atoms with Crippen LogP contribution in [0.4, 0.5) is 0 Å². The largest absolute Gasteiger partial charge is 0.524 e. The van der Waals surface area contributed by atoms with Crippen LogP contribution in [0, 0.1) is 5.92 Å². The van der Waals surface area contributed by atoms with Gasteiger partial charge in [0.2, 0.25) is 5.91 Å². The van der Waals surface area contributed by atoms with Crippen LogP contribution in [-0.4, -0.2) is 45.9 Å². The molecule has 0 aromatic heterocycles. The first-order chi connectivity index (χ1) is 19.2. The van der Waals surface area contributed by atoms with Crippen LogP contribution in [0.5, 0.6) is 17.2 Å². The number of primary amides is 1. The van der Waals surface area contributed by atoms with Crippen LogP contribution in [-0.2, 0) is 26.1 Å². The third-order valence-electron chi connectivity index (χ3n) is 6.84. The van der Waals surface area contributed by atoms with Gasteiger partial charge in [-0.25, -0.2) is 9.36 Å². The van der Waals surface area contributed by atoms with Gasteiger partial charge in [0.05, 0.1) is 17.7 Å². The molecule has 0 aliphatic heterocycles. The van der Waals surface area contributed by atoms with Gasteiger partial charge in [-0.3, -0.25) is 19.4 Å². The molecule has 0 spiro atoms. The molecule has 13 heteroatoms. The van der Waals surface area contributed by atoms with Crippen LogP contribution in [0.25, 0.3) is 0 Å². The summed E-state index contributed by atoms with van der Waals surface area (Å²) in [6.45, 7) is 3.36. The Morgan fingerprint density at radius 1 is 1.00 bits per heavy atom. The minimum Gasteiger partial charge on any atom is -0.492 e. The van der Waals surface area contributed by atoms with Crippen molar-refractivity contribution in [1.29, 1.82) is 0 Å². The van der Waals surface area contributed by atoms with E-state index in [2.05, 4.69) is 9.84 Å². The lowest BCUT2D eigenvalue weighted by molar-refractivity contribution is -0.139. The second-order valence-electron chi connectivity index (χ2n) is 10.6. The zero-order chi connectivity index (χ0) is 30.2. The molecule has 0 atom stereocenters. The highest BCUT2D eigenvalue weighted by molar-refractivity contribution is 7.46. The van der Waals surface area contributed by atoms with Gasteiger partial charge in [0, 0.05) is 6.42 Å². The standard InChI is InChI=1S/C28H37N2O10P/c1-28(2,20-10-12-22(21(15-20)27(29)34)38-16-19-6-4-3-5-7-19)30-25(31)13-9-18-8-11-23(39-17-26(32)33)24(14-18)40-41(35,36)37/h8,10-12,14-15,19H,3-7,9,13,16-17H2,1-2H3,(H2,29,34)(H,30,31)(H,32,33)(H2,35,36,37). The first-order valence-electron chi connectivity index (χ1n) is 13.3. The highest BCUT2D eigenvalue weighted by atomic mass is 31.2. The van der Waals surface area contributed by atoms with E-state index in [4.69, 9.17) is 20.3 Å². The lowest BCUT2D eigenvalue weighted by Gasteiger charge is -2.28. The number of ether oxygens (including phenoxy) is 2. The summed E-state index contributed by atoms with van der Waals surface area (Å²) in [5.41, 5.74) is 6.17. The molecule has 0 unspecified atom stereocenters. The molecule has 1 aliphatic carbocycles. The third-order valence-corrected chi connectivity index (χ3v) is 7.27. The summed E-state index contributed by atoms with van der Waals surface area (Å²) in [6, 6.07) is 9.23. The van der Waals surface area contributed by atoms with E-state index in [1.165, 1.54) is 37.5 Å². The van der Waals surface area contributed by atoms with E-state index in [0.717, 1.165) is 12.8 Å². The smallest absolute Gasteiger partial charge is 0.492 e. The average molecular weight is 593 g/mol. The Morgan fingerprint density at radius 3 is 2.32 bits per heavy atom. The maximum absolute atomic E-state index is 12.9. The number of nitrogens with one attached hydrogen (secondary N) is 1. The summed E-state index contributed by atoms with van der Waals surface area (Å²) in [4.78, 5) is 54.2. The molecule has 0 saturated heterocycles. The van der Waals surface area contributed by atoms with E-state index in [1.807, 2.05) is 0 Å². The summed E-state index contributed by atoms with van der Waals surface area (Å²) in [5.74, 6) is -1.87. The molecule has 0 heterocycles. The number of aryl methyl sites for hydroxylation is 1. The van der Waals surface area contributed by atoms with Crippen molar-refractivity contribution in [3.63, 3.8) is 0 Å². The van der Waals surface area contributed by atoms with Crippen LogP contribution in [0.1, 0.15) is 73.9 Å². The Morgan fingerprint density at radius 2 is 1.68 bits per heavy atom.